The maximum Gasteiger partial charge on any atom is 0.0171 e. The molecule has 2 aliphatic rings. The molecule has 0 aromatic rings. The van der Waals surface area contributed by atoms with Crippen molar-refractivity contribution in [3.63, 3.8) is 0 Å². The first kappa shape index (κ1) is 11.8. The molecular weight excluding hydrogens is 202 g/mol. The molecule has 0 bridgehead atoms. The van der Waals surface area contributed by atoms with Gasteiger partial charge in [0.1, 0.15) is 0 Å². The van der Waals surface area contributed by atoms with E-state index in [1.54, 1.807) is 0 Å². The molecule has 2 heteroatoms. The Morgan fingerprint density at radius 2 is 1.93 bits per heavy atom. The van der Waals surface area contributed by atoms with Crippen LogP contribution < -0.4 is 5.32 Å². The van der Waals surface area contributed by atoms with Crippen LogP contribution in [0.3, 0.4) is 0 Å². The van der Waals surface area contributed by atoms with Crippen molar-refractivity contribution in [1.82, 2.24) is 5.32 Å². The molecule has 0 spiro atoms. The number of hydrogen-bond acceptors (Lipinski definition) is 2. The van der Waals surface area contributed by atoms with Gasteiger partial charge in [0, 0.05) is 23.1 Å². The molecule has 1 saturated heterocycles. The van der Waals surface area contributed by atoms with Gasteiger partial charge in [-0.3, -0.25) is 0 Å². The number of thioether (sulfide) groups is 1. The SMILES string of the molecule is CC1CC(NC2CCCC(C)C2C)CS1. The van der Waals surface area contributed by atoms with E-state index in [-0.39, 0.29) is 0 Å². The van der Waals surface area contributed by atoms with E-state index in [0.29, 0.717) is 0 Å². The van der Waals surface area contributed by atoms with Crippen LogP contribution in [-0.2, 0) is 0 Å². The lowest BCUT2D eigenvalue weighted by molar-refractivity contribution is 0.196. The molecule has 0 aromatic carbocycles. The lowest BCUT2D eigenvalue weighted by atomic mass is 9.78. The van der Waals surface area contributed by atoms with Crippen LogP contribution in [-0.4, -0.2) is 23.1 Å². The molecule has 1 heterocycles. The third kappa shape index (κ3) is 2.91. The molecule has 5 atom stereocenters. The Morgan fingerprint density at radius 1 is 1.13 bits per heavy atom. The molecule has 15 heavy (non-hydrogen) atoms. The molecule has 5 unspecified atom stereocenters. The first-order valence-electron chi connectivity index (χ1n) is 6.54. The summed E-state index contributed by atoms with van der Waals surface area (Å²) in [7, 11) is 0. The second kappa shape index (κ2) is 5.09. The predicted octanol–water partition coefficient (Wildman–Crippen LogP) is 3.29. The summed E-state index contributed by atoms with van der Waals surface area (Å²) >= 11 is 2.13. The summed E-state index contributed by atoms with van der Waals surface area (Å²) < 4.78 is 0. The summed E-state index contributed by atoms with van der Waals surface area (Å²) in [5.41, 5.74) is 0. The molecule has 2 fully saturated rings. The molecule has 88 valence electrons. The lowest BCUT2D eigenvalue weighted by Crippen LogP contribution is -2.45. The highest BCUT2D eigenvalue weighted by molar-refractivity contribution is 8.00. The normalized spacial score (nSPS) is 47.0. The Balaban J connectivity index is 1.82. The zero-order chi connectivity index (χ0) is 10.8. The second-order valence-corrected chi connectivity index (χ2v) is 7.09. The van der Waals surface area contributed by atoms with Crippen molar-refractivity contribution in [3.8, 4) is 0 Å². The van der Waals surface area contributed by atoms with E-state index in [4.69, 9.17) is 0 Å². The van der Waals surface area contributed by atoms with Gasteiger partial charge in [-0.25, -0.2) is 0 Å². The van der Waals surface area contributed by atoms with Crippen LogP contribution in [0.5, 0.6) is 0 Å². The van der Waals surface area contributed by atoms with Crippen molar-refractivity contribution < 1.29 is 0 Å². The Labute approximate surface area is 98.8 Å². The highest BCUT2D eigenvalue weighted by Crippen LogP contribution is 2.32. The number of nitrogens with one attached hydrogen (secondary N) is 1. The average Bonchev–Trinajstić information content (AvgIpc) is 2.59. The summed E-state index contributed by atoms with van der Waals surface area (Å²) in [6, 6.07) is 1.59. The van der Waals surface area contributed by atoms with Crippen LogP contribution in [0, 0.1) is 11.8 Å². The molecule has 1 N–H and O–H groups in total. The monoisotopic (exact) mass is 227 g/mol. The lowest BCUT2D eigenvalue weighted by Gasteiger charge is -2.36. The van der Waals surface area contributed by atoms with Crippen LogP contribution in [0.4, 0.5) is 0 Å². The van der Waals surface area contributed by atoms with Crippen molar-refractivity contribution in [2.75, 3.05) is 5.75 Å². The van der Waals surface area contributed by atoms with E-state index in [0.717, 1.165) is 29.2 Å². The van der Waals surface area contributed by atoms with E-state index in [1.807, 2.05) is 0 Å². The maximum absolute atomic E-state index is 3.91. The molecule has 0 aromatic heterocycles. The van der Waals surface area contributed by atoms with Gasteiger partial charge >= 0.3 is 0 Å². The average molecular weight is 227 g/mol. The van der Waals surface area contributed by atoms with Crippen molar-refractivity contribution in [2.45, 2.75) is 63.8 Å². The summed E-state index contributed by atoms with van der Waals surface area (Å²) in [6.45, 7) is 7.22. The minimum atomic E-state index is 0.794. The largest absolute Gasteiger partial charge is 0.310 e. The number of hydrogen-bond donors (Lipinski definition) is 1. The molecule has 0 amide bonds. The quantitative estimate of drug-likeness (QED) is 0.777. The summed E-state index contributed by atoms with van der Waals surface area (Å²) in [5, 5.41) is 4.78. The van der Waals surface area contributed by atoms with Crippen LogP contribution in [0.1, 0.15) is 46.5 Å². The fourth-order valence-corrected chi connectivity index (χ4v) is 4.21. The zero-order valence-corrected chi connectivity index (χ0v) is 11.1. The molecule has 1 aliphatic carbocycles. The van der Waals surface area contributed by atoms with Gasteiger partial charge in [-0.2, -0.15) is 11.8 Å². The van der Waals surface area contributed by atoms with Gasteiger partial charge in [-0.1, -0.05) is 33.6 Å². The summed E-state index contributed by atoms with van der Waals surface area (Å²) in [6.07, 6.45) is 5.65. The van der Waals surface area contributed by atoms with Gasteiger partial charge in [0.05, 0.1) is 0 Å². The fraction of sp³-hybridized carbons (Fsp3) is 1.00. The molecule has 1 aliphatic heterocycles. The molecular formula is C13H25NS. The van der Waals surface area contributed by atoms with Crippen LogP contribution in [0.2, 0.25) is 0 Å². The molecule has 1 nitrogen and oxygen atoms in total. The standard InChI is InChI=1S/C13H25NS/c1-9-5-4-6-13(11(9)3)14-12-7-10(2)15-8-12/h9-14H,4-8H2,1-3H3. The van der Waals surface area contributed by atoms with Gasteiger partial charge in [0.15, 0.2) is 0 Å². The minimum Gasteiger partial charge on any atom is -0.310 e. The topological polar surface area (TPSA) is 12.0 Å². The van der Waals surface area contributed by atoms with Gasteiger partial charge in [0.2, 0.25) is 0 Å². The van der Waals surface area contributed by atoms with E-state index in [2.05, 4.69) is 37.8 Å². The fourth-order valence-electron chi connectivity index (χ4n) is 3.05. The van der Waals surface area contributed by atoms with E-state index in [1.165, 1.54) is 31.4 Å². The van der Waals surface area contributed by atoms with Crippen molar-refractivity contribution in [1.29, 1.82) is 0 Å². The Hall–Kier alpha value is 0.310. The zero-order valence-electron chi connectivity index (χ0n) is 10.3. The second-order valence-electron chi connectivity index (χ2n) is 5.62. The van der Waals surface area contributed by atoms with Crippen LogP contribution >= 0.6 is 11.8 Å². The van der Waals surface area contributed by atoms with Gasteiger partial charge in [0.25, 0.3) is 0 Å². The predicted molar refractivity (Wildman–Crippen MR) is 69.4 cm³/mol. The Bertz CT molecular complexity index is 207. The summed E-state index contributed by atoms with van der Waals surface area (Å²) in [4.78, 5) is 0. The molecule has 2 rings (SSSR count). The third-order valence-corrected chi connectivity index (χ3v) is 5.71. The smallest absolute Gasteiger partial charge is 0.0171 e. The van der Waals surface area contributed by atoms with Crippen molar-refractivity contribution in [2.24, 2.45) is 11.8 Å². The third-order valence-electron chi connectivity index (χ3n) is 4.35. The Morgan fingerprint density at radius 3 is 2.60 bits per heavy atom. The molecule has 1 saturated carbocycles. The first-order valence-corrected chi connectivity index (χ1v) is 7.59. The van der Waals surface area contributed by atoms with Crippen molar-refractivity contribution in [3.05, 3.63) is 0 Å². The van der Waals surface area contributed by atoms with E-state index < -0.39 is 0 Å². The molecule has 0 radical (unpaired) electrons. The van der Waals surface area contributed by atoms with E-state index in [9.17, 15) is 0 Å². The van der Waals surface area contributed by atoms with Gasteiger partial charge in [-0.15, -0.1) is 0 Å². The van der Waals surface area contributed by atoms with Crippen LogP contribution in [0.15, 0.2) is 0 Å². The van der Waals surface area contributed by atoms with Gasteiger partial charge in [-0.05, 0) is 24.7 Å². The maximum atomic E-state index is 3.91. The number of rotatable bonds is 2. The van der Waals surface area contributed by atoms with E-state index >= 15 is 0 Å². The highest BCUT2D eigenvalue weighted by Gasteiger charge is 2.30. The highest BCUT2D eigenvalue weighted by atomic mass is 32.2. The minimum absolute atomic E-state index is 0.794. The van der Waals surface area contributed by atoms with Crippen LogP contribution in [0.25, 0.3) is 0 Å². The summed E-state index contributed by atoms with van der Waals surface area (Å²) in [5.74, 6) is 3.13. The van der Waals surface area contributed by atoms with Crippen molar-refractivity contribution >= 4 is 11.8 Å². The van der Waals surface area contributed by atoms with Gasteiger partial charge < -0.3 is 5.32 Å². The first-order chi connectivity index (χ1) is 7.16. The Kier molecular flexibility index (Phi) is 4.00.